The number of rotatable bonds is 7. The van der Waals surface area contributed by atoms with E-state index in [1.54, 1.807) is 12.1 Å². The van der Waals surface area contributed by atoms with Gasteiger partial charge in [0.2, 0.25) is 0 Å². The molecule has 0 aliphatic carbocycles. The number of aromatic hydroxyl groups is 1. The Labute approximate surface area is 260 Å². The van der Waals surface area contributed by atoms with Gasteiger partial charge < -0.3 is 10.8 Å². The highest BCUT2D eigenvalue weighted by Gasteiger charge is 2.27. The largest absolute Gasteiger partial charge is 0.505 e. The van der Waals surface area contributed by atoms with Crippen LogP contribution in [0, 0.1) is 11.3 Å². The highest BCUT2D eigenvalue weighted by molar-refractivity contribution is 7.86. The van der Waals surface area contributed by atoms with Crippen LogP contribution in [0.1, 0.15) is 5.56 Å². The first-order chi connectivity index (χ1) is 21.5. The summed E-state index contributed by atoms with van der Waals surface area (Å²) in [4.78, 5) is -2.57. The molecular weight excluding hydrogens is 665 g/mol. The summed E-state index contributed by atoms with van der Waals surface area (Å²) < 4.78 is 102. The lowest BCUT2D eigenvalue weighted by molar-refractivity contribution is 0.471. The Bertz CT molecular complexity index is 2530. The molecule has 0 aliphatic heterocycles. The first kappa shape index (κ1) is 32.0. The minimum atomic E-state index is -5.23. The third kappa shape index (κ3) is 6.24. The Morgan fingerprint density at radius 3 is 1.83 bits per heavy atom. The van der Waals surface area contributed by atoms with Gasteiger partial charge in [0.1, 0.15) is 15.5 Å². The quantitative estimate of drug-likeness (QED) is 0.0782. The van der Waals surface area contributed by atoms with Crippen LogP contribution < -0.4 is 5.73 Å². The van der Waals surface area contributed by atoms with Gasteiger partial charge in [0.15, 0.2) is 5.75 Å². The summed E-state index contributed by atoms with van der Waals surface area (Å²) in [5.41, 5.74) is 5.19. The molecule has 0 spiro atoms. The van der Waals surface area contributed by atoms with Gasteiger partial charge in [-0.05, 0) is 66.7 Å². The Kier molecular flexibility index (Phi) is 8.03. The van der Waals surface area contributed by atoms with E-state index in [4.69, 9.17) is 11.0 Å². The summed E-state index contributed by atoms with van der Waals surface area (Å²) in [7, 11) is -15.0. The van der Waals surface area contributed by atoms with E-state index in [2.05, 4.69) is 20.5 Å². The molecule has 0 aromatic heterocycles. The second-order valence-electron chi connectivity index (χ2n) is 9.45. The normalized spacial score (nSPS) is 12.7. The van der Waals surface area contributed by atoms with Crippen molar-refractivity contribution in [1.82, 2.24) is 0 Å². The summed E-state index contributed by atoms with van der Waals surface area (Å²) in [5, 5.41) is 35.3. The molecule has 5 rings (SSSR count). The number of benzene rings is 5. The molecule has 234 valence electrons. The number of nitrogens with zero attached hydrogens (tertiary/aromatic N) is 5. The zero-order valence-corrected chi connectivity index (χ0v) is 25.2. The summed E-state index contributed by atoms with van der Waals surface area (Å²) in [6, 6.07) is 17.0. The third-order valence-electron chi connectivity index (χ3n) is 6.52. The van der Waals surface area contributed by atoms with Gasteiger partial charge in [-0.3, -0.25) is 13.7 Å². The van der Waals surface area contributed by atoms with Crippen molar-refractivity contribution in [2.75, 3.05) is 5.73 Å². The molecule has 16 nitrogen and oxygen atoms in total. The number of anilines is 1. The van der Waals surface area contributed by atoms with Crippen molar-refractivity contribution < 1.29 is 44.0 Å². The molecular formula is C27H18N6O10S3. The molecule has 0 aliphatic rings. The van der Waals surface area contributed by atoms with E-state index in [9.17, 15) is 44.0 Å². The minimum Gasteiger partial charge on any atom is -0.505 e. The fraction of sp³-hybridized carbons (Fsp3) is 0. The van der Waals surface area contributed by atoms with E-state index < -0.39 is 67.6 Å². The predicted molar refractivity (Wildman–Crippen MR) is 163 cm³/mol. The lowest BCUT2D eigenvalue weighted by atomic mass is 10.1. The molecule has 0 atom stereocenters. The zero-order chi connectivity index (χ0) is 33.6. The van der Waals surface area contributed by atoms with Crippen LogP contribution in [0.25, 0.3) is 21.5 Å². The molecule has 0 fully saturated rings. The average Bonchev–Trinajstić information content (AvgIpc) is 2.98. The number of nitrogen functional groups attached to an aromatic ring is 1. The molecule has 5 aromatic carbocycles. The van der Waals surface area contributed by atoms with E-state index in [0.717, 1.165) is 24.3 Å². The summed E-state index contributed by atoms with van der Waals surface area (Å²) in [6.07, 6.45) is 0. The fourth-order valence-electron chi connectivity index (χ4n) is 4.44. The van der Waals surface area contributed by atoms with E-state index in [0.29, 0.717) is 17.3 Å². The van der Waals surface area contributed by atoms with Crippen molar-refractivity contribution >= 4 is 80.3 Å². The van der Waals surface area contributed by atoms with E-state index >= 15 is 0 Å². The number of phenolic OH excluding ortho intramolecular Hbond substituents is 1. The van der Waals surface area contributed by atoms with Crippen molar-refractivity contribution in [3.63, 3.8) is 0 Å². The Morgan fingerprint density at radius 1 is 0.630 bits per heavy atom. The molecule has 0 saturated heterocycles. The molecule has 46 heavy (non-hydrogen) atoms. The van der Waals surface area contributed by atoms with Crippen LogP contribution in [0.5, 0.6) is 5.75 Å². The van der Waals surface area contributed by atoms with Crippen LogP contribution >= 0.6 is 0 Å². The van der Waals surface area contributed by atoms with Crippen LogP contribution in [0.3, 0.4) is 0 Å². The lowest BCUT2D eigenvalue weighted by Gasteiger charge is -2.12. The van der Waals surface area contributed by atoms with Gasteiger partial charge in [0, 0.05) is 21.5 Å². The molecule has 0 bridgehead atoms. The number of hydrogen-bond acceptors (Lipinski definition) is 13. The van der Waals surface area contributed by atoms with Gasteiger partial charge in [-0.2, -0.15) is 35.6 Å². The molecule has 19 heteroatoms. The summed E-state index contributed by atoms with van der Waals surface area (Å²) in [6.45, 7) is 0. The zero-order valence-electron chi connectivity index (χ0n) is 22.7. The predicted octanol–water partition coefficient (Wildman–Crippen LogP) is 5.72. The van der Waals surface area contributed by atoms with E-state index in [-0.39, 0.29) is 27.5 Å². The van der Waals surface area contributed by atoms with Gasteiger partial charge in [-0.1, -0.05) is 6.07 Å². The fourth-order valence-corrected chi connectivity index (χ4v) is 6.41. The SMILES string of the molecule is N#Cc1ccc(N=Nc2ccc(N=Nc3c(S(=O)(=O)O)cc4c(S(=O)(=O)O)c(N)ccc4c3O)c3cc(S(=O)(=O)O)ccc23)cc1. The molecule has 0 unspecified atom stereocenters. The number of phenols is 1. The Hall–Kier alpha value is -5.36. The van der Waals surface area contributed by atoms with Gasteiger partial charge in [-0.15, -0.1) is 15.3 Å². The average molecular weight is 683 g/mol. The maximum Gasteiger partial charge on any atom is 0.297 e. The smallest absolute Gasteiger partial charge is 0.297 e. The van der Waals surface area contributed by atoms with Crippen LogP contribution in [0.4, 0.5) is 28.4 Å². The third-order valence-corrected chi connectivity index (χ3v) is 9.21. The monoisotopic (exact) mass is 682 g/mol. The van der Waals surface area contributed by atoms with Gasteiger partial charge in [-0.25, -0.2) is 0 Å². The summed E-state index contributed by atoms with van der Waals surface area (Å²) >= 11 is 0. The standard InChI is InChI=1S/C27H18N6O10S3/c28-13-14-1-3-15(4-2-14)30-31-22-9-10-23(19-11-16(44(35,36)37)5-6-17(19)22)32-33-25-24(45(38,39)40)12-20-18(26(25)34)7-8-21(29)27(20)46(41,42)43/h1-12,34H,29H2,(H,35,36,37)(H,38,39,40)(H,41,42,43). The molecule has 0 saturated carbocycles. The molecule has 0 heterocycles. The number of fused-ring (bicyclic) bond motifs is 2. The Morgan fingerprint density at radius 2 is 1.24 bits per heavy atom. The lowest BCUT2D eigenvalue weighted by Crippen LogP contribution is -2.06. The van der Waals surface area contributed by atoms with Crippen LogP contribution in [0.15, 0.2) is 108 Å². The molecule has 5 aromatic rings. The number of azo groups is 2. The maximum atomic E-state index is 12.3. The van der Waals surface area contributed by atoms with Gasteiger partial charge in [0.25, 0.3) is 30.4 Å². The molecule has 0 amide bonds. The number of hydrogen-bond donors (Lipinski definition) is 5. The van der Waals surface area contributed by atoms with Gasteiger partial charge in [0.05, 0.1) is 39.3 Å². The van der Waals surface area contributed by atoms with Crippen LogP contribution in [-0.2, 0) is 30.4 Å². The highest BCUT2D eigenvalue weighted by Crippen LogP contribution is 2.45. The Balaban J connectivity index is 1.72. The molecule has 0 radical (unpaired) electrons. The van der Waals surface area contributed by atoms with Crippen molar-refractivity contribution in [2.45, 2.75) is 14.7 Å². The number of nitriles is 1. The van der Waals surface area contributed by atoms with Crippen molar-refractivity contribution in [2.24, 2.45) is 20.5 Å². The maximum absolute atomic E-state index is 12.3. The topological polar surface area (TPSA) is 283 Å². The van der Waals surface area contributed by atoms with Gasteiger partial charge >= 0.3 is 0 Å². The highest BCUT2D eigenvalue weighted by atomic mass is 32.2. The second-order valence-corrected chi connectivity index (χ2v) is 13.6. The molecule has 6 N–H and O–H groups in total. The first-order valence-corrected chi connectivity index (χ1v) is 16.7. The summed E-state index contributed by atoms with van der Waals surface area (Å²) in [5.74, 6) is -0.963. The van der Waals surface area contributed by atoms with Crippen LogP contribution in [0.2, 0.25) is 0 Å². The van der Waals surface area contributed by atoms with E-state index in [1.165, 1.54) is 30.3 Å². The minimum absolute atomic E-state index is 0.0188. The second kappa shape index (κ2) is 11.5. The van der Waals surface area contributed by atoms with Crippen molar-refractivity contribution in [3.8, 4) is 11.8 Å². The first-order valence-electron chi connectivity index (χ1n) is 12.4. The van der Waals surface area contributed by atoms with E-state index in [1.807, 2.05) is 6.07 Å². The van der Waals surface area contributed by atoms with Crippen molar-refractivity contribution in [3.05, 3.63) is 78.4 Å². The number of nitrogens with two attached hydrogens (primary N) is 1. The van der Waals surface area contributed by atoms with Crippen LogP contribution in [-0.4, -0.2) is 44.0 Å². The van der Waals surface area contributed by atoms with Crippen molar-refractivity contribution in [1.29, 1.82) is 5.26 Å².